The smallest absolute Gasteiger partial charge is 0.234 e. The molecule has 0 aliphatic carbocycles. The lowest BCUT2D eigenvalue weighted by Gasteiger charge is -2.23. The van der Waals surface area contributed by atoms with Crippen molar-refractivity contribution in [3.8, 4) is 0 Å². The summed E-state index contributed by atoms with van der Waals surface area (Å²) in [5.74, 6) is 1.46. The average Bonchev–Trinajstić information content (AvgIpc) is 2.37. The number of benzene rings is 1. The Morgan fingerprint density at radius 2 is 2.00 bits per heavy atom. The van der Waals surface area contributed by atoms with Gasteiger partial charge in [0.15, 0.2) is 0 Å². The Balaban J connectivity index is 2.58. The highest BCUT2D eigenvalue weighted by atomic mass is 32.2. The van der Waals surface area contributed by atoms with Crippen molar-refractivity contribution in [2.75, 3.05) is 23.4 Å². The molecule has 0 spiro atoms. The van der Waals surface area contributed by atoms with Crippen molar-refractivity contribution in [3.05, 3.63) is 29.8 Å². The molecule has 0 aromatic heterocycles. The highest BCUT2D eigenvalue weighted by Crippen LogP contribution is 2.29. The Bertz CT molecular complexity index is 440. The van der Waals surface area contributed by atoms with E-state index in [0.717, 1.165) is 17.0 Å². The Morgan fingerprint density at radius 3 is 2.60 bits per heavy atom. The molecule has 0 radical (unpaired) electrons. The van der Waals surface area contributed by atoms with E-state index in [1.807, 2.05) is 25.1 Å². The number of carbonyl (C=O) groups is 1. The summed E-state index contributed by atoms with van der Waals surface area (Å²) in [6.45, 7) is 8.54. The van der Waals surface area contributed by atoms with Gasteiger partial charge in [0.25, 0.3) is 0 Å². The van der Waals surface area contributed by atoms with E-state index in [1.54, 1.807) is 11.8 Å². The quantitative estimate of drug-likeness (QED) is 0.846. The van der Waals surface area contributed by atoms with Crippen LogP contribution in [0, 0.1) is 5.92 Å². The number of para-hydroxylation sites is 1. The van der Waals surface area contributed by atoms with Crippen LogP contribution in [0.3, 0.4) is 0 Å². The van der Waals surface area contributed by atoms with E-state index in [0.29, 0.717) is 5.75 Å². The van der Waals surface area contributed by atoms with Crippen molar-refractivity contribution in [2.45, 2.75) is 33.1 Å². The van der Waals surface area contributed by atoms with Crippen molar-refractivity contribution in [3.63, 3.8) is 0 Å². The lowest BCUT2D eigenvalue weighted by atomic mass is 9.86. The van der Waals surface area contributed by atoms with Gasteiger partial charge in [0.1, 0.15) is 0 Å². The minimum absolute atomic E-state index is 0.00240. The van der Waals surface area contributed by atoms with Gasteiger partial charge in [0.2, 0.25) is 5.91 Å². The molecule has 1 aromatic rings. The fraction of sp³-hybridized carbons (Fsp3) is 0.562. The first kappa shape index (κ1) is 17.1. The highest BCUT2D eigenvalue weighted by molar-refractivity contribution is 7.99. The molecular formula is C16H25NO2S. The molecule has 0 heterocycles. The zero-order valence-corrected chi connectivity index (χ0v) is 13.6. The summed E-state index contributed by atoms with van der Waals surface area (Å²) < 4.78 is 0. The standard InChI is InChI=1S/C16H25NO2S/c1-12(9-18)10-20-11-15(19)17-14-8-6-5-7-13(14)16(2,3)4/h5-8,12,18H,9-11H2,1-4H3,(H,17,19). The molecule has 0 bridgehead atoms. The largest absolute Gasteiger partial charge is 0.396 e. The van der Waals surface area contributed by atoms with Crippen molar-refractivity contribution in [1.82, 2.24) is 0 Å². The van der Waals surface area contributed by atoms with Crippen LogP contribution in [0.1, 0.15) is 33.3 Å². The number of thioether (sulfide) groups is 1. The van der Waals surface area contributed by atoms with Gasteiger partial charge in [-0.2, -0.15) is 11.8 Å². The summed E-state index contributed by atoms with van der Waals surface area (Å²) in [5.41, 5.74) is 2.03. The third-order valence-corrected chi connectivity index (χ3v) is 4.23. The van der Waals surface area contributed by atoms with Crippen LogP contribution in [0.15, 0.2) is 24.3 Å². The summed E-state index contributed by atoms with van der Waals surface area (Å²) >= 11 is 1.55. The van der Waals surface area contributed by atoms with Gasteiger partial charge < -0.3 is 10.4 Å². The number of carbonyl (C=O) groups excluding carboxylic acids is 1. The second-order valence-corrected chi connectivity index (χ2v) is 7.18. The fourth-order valence-corrected chi connectivity index (χ4v) is 2.72. The van der Waals surface area contributed by atoms with Gasteiger partial charge in [-0.05, 0) is 28.7 Å². The lowest BCUT2D eigenvalue weighted by Crippen LogP contribution is -2.20. The predicted molar refractivity (Wildman–Crippen MR) is 87.3 cm³/mol. The maximum Gasteiger partial charge on any atom is 0.234 e. The second-order valence-electron chi connectivity index (χ2n) is 6.15. The molecule has 1 unspecified atom stereocenters. The fourth-order valence-electron chi connectivity index (χ4n) is 1.84. The molecule has 3 nitrogen and oxygen atoms in total. The van der Waals surface area contributed by atoms with Crippen LogP contribution in [0.2, 0.25) is 0 Å². The first-order chi connectivity index (χ1) is 9.34. The first-order valence-corrected chi connectivity index (χ1v) is 8.08. The molecule has 20 heavy (non-hydrogen) atoms. The number of amides is 1. The van der Waals surface area contributed by atoms with Crippen LogP contribution in [0.25, 0.3) is 0 Å². The number of aliphatic hydroxyl groups is 1. The SMILES string of the molecule is CC(CO)CSCC(=O)Nc1ccccc1C(C)(C)C. The zero-order chi connectivity index (χ0) is 15.2. The molecule has 1 amide bonds. The minimum Gasteiger partial charge on any atom is -0.396 e. The zero-order valence-electron chi connectivity index (χ0n) is 12.8. The Labute approximate surface area is 126 Å². The van der Waals surface area contributed by atoms with Crippen LogP contribution in [-0.4, -0.2) is 29.1 Å². The Hall–Kier alpha value is -1.00. The molecular weight excluding hydrogens is 270 g/mol. The minimum atomic E-state index is 0.00240. The predicted octanol–water partition coefficient (Wildman–Crippen LogP) is 3.28. The van der Waals surface area contributed by atoms with Crippen LogP contribution < -0.4 is 5.32 Å². The molecule has 1 aromatic carbocycles. The first-order valence-electron chi connectivity index (χ1n) is 6.92. The number of hydrogen-bond donors (Lipinski definition) is 2. The van der Waals surface area contributed by atoms with Gasteiger partial charge in [0.05, 0.1) is 5.75 Å². The molecule has 1 atom stereocenters. The molecule has 4 heteroatoms. The summed E-state index contributed by atoms with van der Waals surface area (Å²) in [6, 6.07) is 7.93. The highest BCUT2D eigenvalue weighted by Gasteiger charge is 2.18. The third kappa shape index (κ3) is 5.55. The van der Waals surface area contributed by atoms with E-state index in [-0.39, 0.29) is 23.8 Å². The number of rotatable bonds is 6. The van der Waals surface area contributed by atoms with Crippen LogP contribution in [0.4, 0.5) is 5.69 Å². The van der Waals surface area contributed by atoms with Gasteiger partial charge in [-0.3, -0.25) is 4.79 Å². The van der Waals surface area contributed by atoms with E-state index in [9.17, 15) is 4.79 Å². The van der Waals surface area contributed by atoms with Crippen molar-refractivity contribution >= 4 is 23.4 Å². The molecule has 2 N–H and O–H groups in total. The molecule has 0 aliphatic heterocycles. The average molecular weight is 295 g/mol. The number of anilines is 1. The van der Waals surface area contributed by atoms with Gasteiger partial charge in [0, 0.05) is 12.3 Å². The summed E-state index contributed by atoms with van der Waals surface area (Å²) in [7, 11) is 0. The molecule has 0 saturated heterocycles. The number of nitrogens with one attached hydrogen (secondary N) is 1. The topological polar surface area (TPSA) is 49.3 Å². The Morgan fingerprint density at radius 1 is 1.35 bits per heavy atom. The van der Waals surface area contributed by atoms with Crippen LogP contribution in [-0.2, 0) is 10.2 Å². The van der Waals surface area contributed by atoms with E-state index >= 15 is 0 Å². The van der Waals surface area contributed by atoms with Crippen LogP contribution in [0.5, 0.6) is 0 Å². The van der Waals surface area contributed by atoms with E-state index in [4.69, 9.17) is 5.11 Å². The number of aliphatic hydroxyl groups excluding tert-OH is 1. The van der Waals surface area contributed by atoms with Gasteiger partial charge in [-0.25, -0.2) is 0 Å². The lowest BCUT2D eigenvalue weighted by molar-refractivity contribution is -0.113. The summed E-state index contributed by atoms with van der Waals surface area (Å²) in [6.07, 6.45) is 0. The number of hydrogen-bond acceptors (Lipinski definition) is 3. The molecule has 112 valence electrons. The van der Waals surface area contributed by atoms with Crippen molar-refractivity contribution < 1.29 is 9.90 Å². The summed E-state index contributed by atoms with van der Waals surface area (Å²) in [5, 5.41) is 11.9. The van der Waals surface area contributed by atoms with Crippen molar-refractivity contribution in [2.24, 2.45) is 5.92 Å². The molecule has 0 fully saturated rings. The van der Waals surface area contributed by atoms with Gasteiger partial charge in [-0.1, -0.05) is 45.9 Å². The Kier molecular flexibility index (Phi) is 6.56. The molecule has 1 rings (SSSR count). The maximum atomic E-state index is 12.0. The van der Waals surface area contributed by atoms with Gasteiger partial charge in [-0.15, -0.1) is 0 Å². The third-order valence-electron chi connectivity index (χ3n) is 2.96. The molecule has 0 saturated carbocycles. The monoisotopic (exact) mass is 295 g/mol. The van der Waals surface area contributed by atoms with Crippen LogP contribution >= 0.6 is 11.8 Å². The van der Waals surface area contributed by atoms with E-state index in [1.165, 1.54) is 0 Å². The second kappa shape index (κ2) is 7.70. The maximum absolute atomic E-state index is 12.0. The van der Waals surface area contributed by atoms with Crippen molar-refractivity contribution in [1.29, 1.82) is 0 Å². The summed E-state index contributed by atoms with van der Waals surface area (Å²) in [4.78, 5) is 12.0. The molecule has 0 aliphatic rings. The normalized spacial score (nSPS) is 13.1. The van der Waals surface area contributed by atoms with E-state index in [2.05, 4.69) is 32.2 Å². The van der Waals surface area contributed by atoms with Gasteiger partial charge >= 0.3 is 0 Å². The van der Waals surface area contributed by atoms with E-state index < -0.39 is 0 Å².